The van der Waals surface area contributed by atoms with E-state index in [4.69, 9.17) is 0 Å². The lowest BCUT2D eigenvalue weighted by molar-refractivity contribution is 0.0697. The highest BCUT2D eigenvalue weighted by Crippen LogP contribution is 2.29. The zero-order chi connectivity index (χ0) is 15.5. The maximum Gasteiger partial charge on any atom is 0.253 e. The number of halogens is 1. The Hall–Kier alpha value is -1.61. The zero-order valence-electron chi connectivity index (χ0n) is 12.8. The van der Waals surface area contributed by atoms with E-state index < -0.39 is 0 Å². The maximum atomic E-state index is 12.7. The molecule has 1 aliphatic rings. The van der Waals surface area contributed by atoms with Crippen molar-refractivity contribution in [2.24, 2.45) is 5.92 Å². The molecule has 0 aliphatic carbocycles. The fourth-order valence-corrected chi connectivity index (χ4v) is 3.42. The van der Waals surface area contributed by atoms with Crippen LogP contribution in [0.5, 0.6) is 0 Å². The predicted molar refractivity (Wildman–Crippen MR) is 93.9 cm³/mol. The highest BCUT2D eigenvalue weighted by Gasteiger charge is 2.21. The SMILES string of the molecule is CC1CCN(C(=O)c2cccc(-c3ccccc3Br)c2)CC1. The fraction of sp³-hybridized carbons (Fsp3) is 0.316. The molecule has 3 heteroatoms. The molecule has 0 radical (unpaired) electrons. The van der Waals surface area contributed by atoms with Gasteiger partial charge in [0.2, 0.25) is 0 Å². The molecule has 0 aromatic heterocycles. The molecular formula is C19H20BrNO. The minimum Gasteiger partial charge on any atom is -0.339 e. The van der Waals surface area contributed by atoms with Crippen LogP contribution in [-0.2, 0) is 0 Å². The Morgan fingerprint density at radius 3 is 2.55 bits per heavy atom. The summed E-state index contributed by atoms with van der Waals surface area (Å²) in [5.41, 5.74) is 2.97. The molecular weight excluding hydrogens is 338 g/mol. The number of piperidine rings is 1. The molecule has 1 heterocycles. The van der Waals surface area contributed by atoms with Gasteiger partial charge >= 0.3 is 0 Å². The van der Waals surface area contributed by atoms with Gasteiger partial charge in [0, 0.05) is 23.1 Å². The van der Waals surface area contributed by atoms with Crippen molar-refractivity contribution >= 4 is 21.8 Å². The Morgan fingerprint density at radius 1 is 1.09 bits per heavy atom. The molecule has 114 valence electrons. The van der Waals surface area contributed by atoms with E-state index in [-0.39, 0.29) is 5.91 Å². The second kappa shape index (κ2) is 6.66. The third-order valence-corrected chi connectivity index (χ3v) is 5.06. The van der Waals surface area contributed by atoms with Gasteiger partial charge in [0.1, 0.15) is 0 Å². The van der Waals surface area contributed by atoms with Crippen LogP contribution in [0, 0.1) is 5.92 Å². The van der Waals surface area contributed by atoms with E-state index in [0.29, 0.717) is 0 Å². The van der Waals surface area contributed by atoms with Gasteiger partial charge in [-0.1, -0.05) is 53.2 Å². The Bertz CT molecular complexity index is 675. The molecule has 2 nitrogen and oxygen atoms in total. The summed E-state index contributed by atoms with van der Waals surface area (Å²) in [6.45, 7) is 4.01. The summed E-state index contributed by atoms with van der Waals surface area (Å²) in [5, 5.41) is 0. The lowest BCUT2D eigenvalue weighted by Crippen LogP contribution is -2.37. The first kappa shape index (κ1) is 15.3. The Balaban J connectivity index is 1.85. The van der Waals surface area contributed by atoms with Gasteiger partial charge in [0.25, 0.3) is 5.91 Å². The summed E-state index contributed by atoms with van der Waals surface area (Å²) in [6, 6.07) is 16.0. The number of hydrogen-bond acceptors (Lipinski definition) is 1. The van der Waals surface area contributed by atoms with Gasteiger partial charge in [0.15, 0.2) is 0 Å². The number of carbonyl (C=O) groups excluding carboxylic acids is 1. The molecule has 1 fully saturated rings. The van der Waals surface area contributed by atoms with Crippen molar-refractivity contribution in [1.82, 2.24) is 4.90 Å². The van der Waals surface area contributed by atoms with Gasteiger partial charge in [0.05, 0.1) is 0 Å². The van der Waals surface area contributed by atoms with E-state index in [9.17, 15) is 4.79 Å². The molecule has 0 saturated carbocycles. The molecule has 22 heavy (non-hydrogen) atoms. The van der Waals surface area contributed by atoms with Crippen molar-refractivity contribution < 1.29 is 4.79 Å². The second-order valence-corrected chi connectivity index (χ2v) is 6.89. The van der Waals surface area contributed by atoms with Crippen molar-refractivity contribution in [3.05, 3.63) is 58.6 Å². The van der Waals surface area contributed by atoms with Gasteiger partial charge in [-0.2, -0.15) is 0 Å². The van der Waals surface area contributed by atoms with Crippen LogP contribution in [0.15, 0.2) is 53.0 Å². The van der Waals surface area contributed by atoms with Gasteiger partial charge < -0.3 is 4.90 Å². The summed E-state index contributed by atoms with van der Waals surface area (Å²) in [6.07, 6.45) is 2.21. The number of carbonyl (C=O) groups is 1. The standard InChI is InChI=1S/C19H20BrNO/c1-14-9-11-21(12-10-14)19(22)16-6-4-5-15(13-16)17-7-2-3-8-18(17)20/h2-8,13-14H,9-12H2,1H3. The molecule has 1 amide bonds. The summed E-state index contributed by atoms with van der Waals surface area (Å²) in [5.74, 6) is 0.886. The molecule has 0 bridgehead atoms. The summed E-state index contributed by atoms with van der Waals surface area (Å²) >= 11 is 3.58. The van der Waals surface area contributed by atoms with Crippen molar-refractivity contribution in [3.63, 3.8) is 0 Å². The Morgan fingerprint density at radius 2 is 1.82 bits per heavy atom. The number of rotatable bonds is 2. The van der Waals surface area contributed by atoms with Crippen LogP contribution in [0.1, 0.15) is 30.1 Å². The van der Waals surface area contributed by atoms with Gasteiger partial charge in [-0.15, -0.1) is 0 Å². The van der Waals surface area contributed by atoms with Gasteiger partial charge in [-0.25, -0.2) is 0 Å². The molecule has 0 unspecified atom stereocenters. The van der Waals surface area contributed by atoms with Crippen LogP contribution in [0.3, 0.4) is 0 Å². The summed E-state index contributed by atoms with van der Waals surface area (Å²) in [7, 11) is 0. The van der Waals surface area contributed by atoms with E-state index in [0.717, 1.165) is 53.0 Å². The minimum atomic E-state index is 0.154. The minimum absolute atomic E-state index is 0.154. The molecule has 0 spiro atoms. The Labute approximate surface area is 140 Å². The summed E-state index contributed by atoms with van der Waals surface area (Å²) in [4.78, 5) is 14.7. The normalized spacial score (nSPS) is 15.8. The fourth-order valence-electron chi connectivity index (χ4n) is 2.91. The van der Waals surface area contributed by atoms with Crippen molar-refractivity contribution in [2.45, 2.75) is 19.8 Å². The molecule has 2 aromatic rings. The van der Waals surface area contributed by atoms with E-state index in [1.807, 2.05) is 41.3 Å². The smallest absolute Gasteiger partial charge is 0.253 e. The molecule has 0 N–H and O–H groups in total. The zero-order valence-corrected chi connectivity index (χ0v) is 14.3. The second-order valence-electron chi connectivity index (χ2n) is 6.04. The monoisotopic (exact) mass is 357 g/mol. The predicted octanol–water partition coefficient (Wildman–Crippen LogP) is 4.99. The maximum absolute atomic E-state index is 12.7. The first-order valence-electron chi connectivity index (χ1n) is 7.79. The van der Waals surface area contributed by atoms with E-state index in [1.54, 1.807) is 0 Å². The number of nitrogens with zero attached hydrogens (tertiary/aromatic N) is 1. The quantitative estimate of drug-likeness (QED) is 0.741. The number of amides is 1. The lowest BCUT2D eigenvalue weighted by atomic mass is 9.98. The van der Waals surface area contributed by atoms with Gasteiger partial charge in [-0.3, -0.25) is 4.79 Å². The average molecular weight is 358 g/mol. The van der Waals surface area contributed by atoms with E-state index in [1.165, 1.54) is 0 Å². The van der Waals surface area contributed by atoms with Crippen LogP contribution in [0.4, 0.5) is 0 Å². The lowest BCUT2D eigenvalue weighted by Gasteiger charge is -2.30. The first-order chi connectivity index (χ1) is 10.6. The third-order valence-electron chi connectivity index (χ3n) is 4.37. The van der Waals surface area contributed by atoms with Crippen LogP contribution in [0.25, 0.3) is 11.1 Å². The number of hydrogen-bond donors (Lipinski definition) is 0. The third kappa shape index (κ3) is 3.25. The van der Waals surface area contributed by atoms with Crippen molar-refractivity contribution in [3.8, 4) is 11.1 Å². The largest absolute Gasteiger partial charge is 0.339 e. The first-order valence-corrected chi connectivity index (χ1v) is 8.58. The molecule has 3 rings (SSSR count). The van der Waals surface area contributed by atoms with Crippen LogP contribution in [-0.4, -0.2) is 23.9 Å². The van der Waals surface area contributed by atoms with E-state index in [2.05, 4.69) is 35.0 Å². The summed E-state index contributed by atoms with van der Waals surface area (Å²) < 4.78 is 1.05. The highest BCUT2D eigenvalue weighted by molar-refractivity contribution is 9.10. The van der Waals surface area contributed by atoms with Crippen LogP contribution >= 0.6 is 15.9 Å². The molecule has 1 saturated heterocycles. The number of benzene rings is 2. The molecule has 0 atom stereocenters. The molecule has 2 aromatic carbocycles. The van der Waals surface area contributed by atoms with Crippen LogP contribution < -0.4 is 0 Å². The topological polar surface area (TPSA) is 20.3 Å². The van der Waals surface area contributed by atoms with Crippen molar-refractivity contribution in [2.75, 3.05) is 13.1 Å². The van der Waals surface area contributed by atoms with E-state index >= 15 is 0 Å². The number of likely N-dealkylation sites (tertiary alicyclic amines) is 1. The molecule has 1 aliphatic heterocycles. The highest BCUT2D eigenvalue weighted by atomic mass is 79.9. The van der Waals surface area contributed by atoms with Gasteiger partial charge in [-0.05, 0) is 48.1 Å². The Kier molecular flexibility index (Phi) is 4.63. The van der Waals surface area contributed by atoms with Crippen LogP contribution in [0.2, 0.25) is 0 Å². The average Bonchev–Trinajstić information content (AvgIpc) is 2.55. The van der Waals surface area contributed by atoms with Crippen molar-refractivity contribution in [1.29, 1.82) is 0 Å².